The Hall–Kier alpha value is 0.718. The summed E-state index contributed by atoms with van der Waals surface area (Å²) in [4.78, 5) is 45.1. The molecule has 13 heteroatoms. The van der Waals surface area contributed by atoms with Crippen LogP contribution in [0.15, 0.2) is 11.6 Å². The average molecular weight is 776 g/mol. The van der Waals surface area contributed by atoms with Gasteiger partial charge in [0, 0.05) is 45.0 Å². The van der Waals surface area contributed by atoms with Gasteiger partial charge in [0.15, 0.2) is 11.6 Å². The summed E-state index contributed by atoms with van der Waals surface area (Å²) in [6, 6.07) is 0.562. The van der Waals surface area contributed by atoms with Crippen molar-refractivity contribution in [3.8, 4) is 0 Å². The number of aliphatic hydroxyl groups excluding tert-OH is 1. The number of carbonyl (C=O) groups excluding carboxylic acids is 2. The topological polar surface area (TPSA) is 218 Å². The van der Waals surface area contributed by atoms with E-state index >= 15 is 0 Å². The van der Waals surface area contributed by atoms with E-state index in [1.54, 1.807) is 13.0 Å². The Morgan fingerprint density at radius 1 is 1.10 bits per heavy atom. The standard InChI is InChI=1S/C21H31O7P.C6H14N2.Na.H2O.Pt/c1-19-7-5-13(22)9-12(19)3-4-14-15-6-8-21(25,17(24)11-29(26,27)28)20(15,2)10-16(23)18(14)19;7-5-3-1-2-4-6(5)8;;;/h9,14-16,18,23,25H,3-8,10-11H2,1-2H3,(H2,26,27,28);5-6H,1-4,7-8H2;;1H2;/q;;+1;;/p-1/t14?,15?,16?,18?,19-,20-,21-;;;;/m0..../s1. The molecule has 9 N–H and O–H groups in total. The fourth-order valence-electron chi connectivity index (χ4n) is 8.65. The van der Waals surface area contributed by atoms with Crippen LogP contribution < -0.4 is 45.9 Å². The molecule has 0 bridgehead atoms. The summed E-state index contributed by atoms with van der Waals surface area (Å²) in [7, 11) is -4.84. The summed E-state index contributed by atoms with van der Waals surface area (Å²) in [5.41, 5.74) is 9.34. The van der Waals surface area contributed by atoms with E-state index in [-0.39, 0.29) is 110 Å². The SMILES string of the molecule is C[C@]12CCC(=O)C=C1CCC1C2C(O)C[C@@]2(C)C1CC[C@]2(O)C(=O)CP(=O)([O-])O.NC1CCCCC1N.O.[Na+].[Pt]. The molecule has 0 radical (unpaired) electrons. The largest absolute Gasteiger partial charge is 1.00 e. The summed E-state index contributed by atoms with van der Waals surface area (Å²) >= 11 is 0. The van der Waals surface area contributed by atoms with Gasteiger partial charge in [0.05, 0.1) is 12.3 Å². The van der Waals surface area contributed by atoms with Crippen molar-refractivity contribution in [2.24, 2.45) is 40.1 Å². The van der Waals surface area contributed by atoms with Gasteiger partial charge in [0.25, 0.3) is 0 Å². The van der Waals surface area contributed by atoms with Gasteiger partial charge < -0.3 is 41.5 Å². The first-order valence-corrected chi connectivity index (χ1v) is 15.6. The first-order valence-electron chi connectivity index (χ1n) is 13.8. The molecule has 5 aliphatic rings. The van der Waals surface area contributed by atoms with Gasteiger partial charge in [0.2, 0.25) is 0 Å². The fourth-order valence-corrected chi connectivity index (χ4v) is 9.28. The van der Waals surface area contributed by atoms with Crippen molar-refractivity contribution in [2.75, 3.05) is 6.16 Å². The van der Waals surface area contributed by atoms with Crippen molar-refractivity contribution in [3.05, 3.63) is 11.6 Å². The van der Waals surface area contributed by atoms with Gasteiger partial charge in [-0.25, -0.2) is 0 Å². The number of rotatable bonds is 3. The minimum absolute atomic E-state index is 0. The Morgan fingerprint density at radius 3 is 2.20 bits per heavy atom. The second-order valence-corrected chi connectivity index (χ2v) is 14.4. The Morgan fingerprint density at radius 2 is 1.68 bits per heavy atom. The minimum atomic E-state index is -4.84. The number of hydrogen-bond donors (Lipinski definition) is 5. The summed E-state index contributed by atoms with van der Waals surface area (Å²) in [6.07, 6.45) is 8.35. The van der Waals surface area contributed by atoms with E-state index in [4.69, 9.17) is 16.4 Å². The van der Waals surface area contributed by atoms with Crippen molar-refractivity contribution in [3.63, 3.8) is 0 Å². The normalized spacial score (nSPS) is 43.3. The Balaban J connectivity index is 0.000000632. The first-order chi connectivity index (χ1) is 17.1. The van der Waals surface area contributed by atoms with Gasteiger partial charge in [-0.2, -0.15) is 0 Å². The van der Waals surface area contributed by atoms with Crippen LogP contribution in [0.25, 0.3) is 0 Å². The Labute approximate surface area is 273 Å². The van der Waals surface area contributed by atoms with Crippen LogP contribution in [0.5, 0.6) is 0 Å². The number of Topliss-reactive ketones (excluding diaryl/α,β-unsaturated/α-hetero) is 1. The maximum Gasteiger partial charge on any atom is 1.00 e. The minimum Gasteiger partial charge on any atom is -0.778 e. The van der Waals surface area contributed by atoms with Gasteiger partial charge in [-0.15, -0.1) is 0 Å². The number of ketones is 2. The van der Waals surface area contributed by atoms with Crippen LogP contribution in [0, 0.1) is 28.6 Å². The van der Waals surface area contributed by atoms with E-state index in [1.165, 1.54) is 12.8 Å². The van der Waals surface area contributed by atoms with Crippen molar-refractivity contribution in [2.45, 2.75) is 108 Å². The molecule has 0 heterocycles. The molecule has 5 rings (SSSR count). The van der Waals surface area contributed by atoms with Gasteiger partial charge in [-0.1, -0.05) is 32.3 Å². The van der Waals surface area contributed by atoms with E-state index in [0.717, 1.165) is 31.3 Å². The summed E-state index contributed by atoms with van der Waals surface area (Å²) < 4.78 is 11.3. The molecule has 5 aliphatic carbocycles. The fraction of sp³-hybridized carbons (Fsp3) is 0.852. The number of allylic oxidation sites excluding steroid dienone is 1. The van der Waals surface area contributed by atoms with Crippen LogP contribution in [0.2, 0.25) is 0 Å². The summed E-state index contributed by atoms with van der Waals surface area (Å²) in [5.74, 6) is -0.716. The molecule has 7 unspecified atom stereocenters. The third-order valence-corrected chi connectivity index (χ3v) is 11.4. The van der Waals surface area contributed by atoms with Gasteiger partial charge in [-0.3, -0.25) is 9.59 Å². The second kappa shape index (κ2) is 14.2. The molecule has 40 heavy (non-hydrogen) atoms. The van der Waals surface area contributed by atoms with Crippen LogP contribution in [-0.4, -0.2) is 62.1 Å². The molecule has 10 nitrogen and oxygen atoms in total. The maximum absolute atomic E-state index is 12.7. The molecule has 10 atom stereocenters. The number of nitrogens with two attached hydrogens (primary N) is 2. The molecule has 0 aromatic carbocycles. The third-order valence-electron chi connectivity index (χ3n) is 10.7. The molecule has 0 spiro atoms. The molecule has 0 aromatic rings. The van der Waals surface area contributed by atoms with E-state index in [1.807, 2.05) is 0 Å². The number of hydrogen-bond acceptors (Lipinski definition) is 8. The van der Waals surface area contributed by atoms with Crippen LogP contribution in [0.4, 0.5) is 0 Å². The van der Waals surface area contributed by atoms with E-state index in [0.29, 0.717) is 19.3 Å². The van der Waals surface area contributed by atoms with Gasteiger partial charge in [-0.05, 0) is 80.6 Å². The Bertz CT molecular complexity index is 1000. The molecule has 228 valence electrons. The molecule has 4 saturated carbocycles. The second-order valence-electron chi connectivity index (χ2n) is 12.8. The molecule has 0 amide bonds. The van der Waals surface area contributed by atoms with Gasteiger partial charge >= 0.3 is 29.6 Å². The summed E-state index contributed by atoms with van der Waals surface area (Å²) in [6.45, 7) is 3.91. The predicted octanol–water partition coefficient (Wildman–Crippen LogP) is -2.27. The van der Waals surface area contributed by atoms with Crippen molar-refractivity contribution in [1.29, 1.82) is 0 Å². The zero-order valence-electron chi connectivity index (χ0n) is 23.9. The summed E-state index contributed by atoms with van der Waals surface area (Å²) in [5, 5.41) is 22.6. The van der Waals surface area contributed by atoms with Crippen molar-refractivity contribution < 1.29 is 90.3 Å². The quantitative estimate of drug-likeness (QED) is 0.154. The first kappa shape index (κ1) is 38.7. The Kier molecular flexibility index (Phi) is 13.8. The molecule has 0 aliphatic heterocycles. The van der Waals surface area contributed by atoms with E-state index in [9.17, 15) is 29.3 Å². The molecule has 0 aromatic heterocycles. The number of carbonyl (C=O) groups is 2. The van der Waals surface area contributed by atoms with Crippen LogP contribution in [-0.2, 0) is 35.2 Å². The third kappa shape index (κ3) is 7.16. The zero-order chi connectivity index (χ0) is 27.4. The van der Waals surface area contributed by atoms with Crippen molar-refractivity contribution >= 4 is 19.2 Å². The predicted molar refractivity (Wildman–Crippen MR) is 141 cm³/mol. The average Bonchev–Trinajstić information content (AvgIpc) is 3.07. The molecular formula is C27H46N2NaO8PPt. The number of fused-ring (bicyclic) bond motifs is 5. The van der Waals surface area contributed by atoms with Crippen LogP contribution >= 0.6 is 7.60 Å². The number of aliphatic hydroxyl groups is 2. The smallest absolute Gasteiger partial charge is 0.778 e. The molecule has 0 saturated heterocycles. The van der Waals surface area contributed by atoms with E-state index < -0.39 is 36.7 Å². The van der Waals surface area contributed by atoms with E-state index in [2.05, 4.69) is 6.92 Å². The van der Waals surface area contributed by atoms with Crippen molar-refractivity contribution in [1.82, 2.24) is 0 Å². The van der Waals surface area contributed by atoms with Crippen LogP contribution in [0.1, 0.15) is 84.5 Å². The monoisotopic (exact) mass is 775 g/mol. The molecule has 4 fully saturated rings. The van der Waals surface area contributed by atoms with Crippen LogP contribution in [0.3, 0.4) is 0 Å². The maximum atomic E-state index is 12.7. The zero-order valence-corrected chi connectivity index (χ0v) is 29.1. The van der Waals surface area contributed by atoms with Gasteiger partial charge in [0.1, 0.15) is 13.2 Å². The molecular weight excluding hydrogens is 729 g/mol.